The molecule has 0 unspecified atom stereocenters. The lowest BCUT2D eigenvalue weighted by Gasteiger charge is -2.24. The molecule has 7 nitrogen and oxygen atoms in total. The number of fused-ring (bicyclic) bond motifs is 2. The summed E-state index contributed by atoms with van der Waals surface area (Å²) in [6.45, 7) is 5.01. The van der Waals surface area contributed by atoms with Gasteiger partial charge in [0.25, 0.3) is 5.56 Å². The van der Waals surface area contributed by atoms with Crippen molar-refractivity contribution < 1.29 is 14.3 Å². The van der Waals surface area contributed by atoms with E-state index in [1.165, 1.54) is 22.7 Å². The van der Waals surface area contributed by atoms with Crippen LogP contribution in [0.5, 0.6) is 5.75 Å². The summed E-state index contributed by atoms with van der Waals surface area (Å²) in [5, 5.41) is 3.68. The van der Waals surface area contributed by atoms with Crippen LogP contribution in [0.15, 0.2) is 112 Å². The highest BCUT2D eigenvalue weighted by Crippen LogP contribution is 2.37. The number of aryl methyl sites for hydroxylation is 1. The number of carbonyl (C=O) groups excluding carboxylic acids is 1. The maximum absolute atomic E-state index is 14.3. The number of halogens is 1. The van der Waals surface area contributed by atoms with Crippen LogP contribution in [0.2, 0.25) is 5.02 Å². The van der Waals surface area contributed by atoms with Gasteiger partial charge in [0.1, 0.15) is 18.4 Å². The van der Waals surface area contributed by atoms with Crippen LogP contribution in [-0.2, 0) is 16.1 Å². The maximum atomic E-state index is 14.3. The van der Waals surface area contributed by atoms with Crippen molar-refractivity contribution in [2.45, 2.75) is 26.4 Å². The average Bonchev–Trinajstić information content (AvgIpc) is 3.82. The zero-order valence-corrected chi connectivity index (χ0v) is 28.1. The van der Waals surface area contributed by atoms with Crippen molar-refractivity contribution in [2.24, 2.45) is 4.99 Å². The van der Waals surface area contributed by atoms with Crippen LogP contribution in [0.4, 0.5) is 0 Å². The molecule has 6 aromatic rings. The molecular weight excluding hydrogens is 650 g/mol. The SMILES string of the molecule is CCOC(=O)C1=C(c2ccccc2)N=c2s/c(=C\c3cn(CCOc4ccc(Cl)c(C)c4)c4ccccc34)c(=O)n2[C@H]1c1cccs1. The molecule has 1 atom stereocenters. The number of carbonyl (C=O) groups is 1. The van der Waals surface area contributed by atoms with Gasteiger partial charge in [-0.3, -0.25) is 9.36 Å². The van der Waals surface area contributed by atoms with Gasteiger partial charge in [-0.1, -0.05) is 77.5 Å². The van der Waals surface area contributed by atoms with E-state index in [2.05, 4.69) is 22.9 Å². The van der Waals surface area contributed by atoms with Crippen LogP contribution in [0.3, 0.4) is 0 Å². The van der Waals surface area contributed by atoms with E-state index in [0.29, 0.717) is 38.8 Å². The first kappa shape index (κ1) is 30.9. The number of hydrogen-bond donors (Lipinski definition) is 0. The summed E-state index contributed by atoms with van der Waals surface area (Å²) in [6.07, 6.45) is 3.98. The number of esters is 1. The lowest BCUT2D eigenvalue weighted by atomic mass is 9.97. The molecule has 0 spiro atoms. The van der Waals surface area contributed by atoms with Crippen molar-refractivity contribution in [3.63, 3.8) is 0 Å². The Balaban J connectivity index is 1.33. The van der Waals surface area contributed by atoms with Crippen molar-refractivity contribution >= 4 is 62.9 Å². The number of hydrogen-bond acceptors (Lipinski definition) is 7. The first-order valence-corrected chi connectivity index (χ1v) is 17.3. The first-order chi connectivity index (χ1) is 22.9. The van der Waals surface area contributed by atoms with E-state index in [1.54, 1.807) is 11.5 Å². The summed E-state index contributed by atoms with van der Waals surface area (Å²) >= 11 is 8.99. The summed E-state index contributed by atoms with van der Waals surface area (Å²) < 4.78 is 15.9. The van der Waals surface area contributed by atoms with E-state index in [0.717, 1.165) is 38.2 Å². The minimum Gasteiger partial charge on any atom is -0.492 e. The molecule has 0 N–H and O–H groups in total. The van der Waals surface area contributed by atoms with Crippen LogP contribution in [0.25, 0.3) is 22.7 Å². The quantitative estimate of drug-likeness (QED) is 0.154. The number of nitrogens with zero attached hydrogens (tertiary/aromatic N) is 3. The van der Waals surface area contributed by atoms with Crippen LogP contribution in [0, 0.1) is 6.92 Å². The third-order valence-corrected chi connectivity index (χ3v) is 10.4. The van der Waals surface area contributed by atoms with E-state index in [9.17, 15) is 9.59 Å². The molecule has 0 aliphatic carbocycles. The van der Waals surface area contributed by atoms with Crippen molar-refractivity contribution in [1.82, 2.24) is 9.13 Å². The van der Waals surface area contributed by atoms with Crippen LogP contribution in [-0.4, -0.2) is 28.3 Å². The second-order valence-corrected chi connectivity index (χ2v) is 13.4. The Morgan fingerprint density at radius 3 is 2.62 bits per heavy atom. The van der Waals surface area contributed by atoms with E-state index >= 15 is 0 Å². The Kier molecular flexibility index (Phi) is 8.68. The summed E-state index contributed by atoms with van der Waals surface area (Å²) in [5.74, 6) is 0.281. The molecule has 0 radical (unpaired) electrons. The molecule has 0 saturated carbocycles. The van der Waals surface area contributed by atoms with Crippen molar-refractivity contribution in [3.05, 3.63) is 148 Å². The zero-order chi connectivity index (χ0) is 32.5. The van der Waals surface area contributed by atoms with Gasteiger partial charge in [0, 0.05) is 38.1 Å². The van der Waals surface area contributed by atoms with Crippen molar-refractivity contribution in [3.8, 4) is 5.75 Å². The Labute approximate surface area is 283 Å². The van der Waals surface area contributed by atoms with E-state index in [-0.39, 0.29) is 12.2 Å². The highest BCUT2D eigenvalue weighted by molar-refractivity contribution is 7.10. The van der Waals surface area contributed by atoms with Gasteiger partial charge in [-0.25, -0.2) is 9.79 Å². The second-order valence-electron chi connectivity index (χ2n) is 11.0. The molecular formula is C37H30ClN3O4S2. The minimum atomic E-state index is -0.669. The highest BCUT2D eigenvalue weighted by atomic mass is 35.5. The van der Waals surface area contributed by atoms with Gasteiger partial charge in [-0.15, -0.1) is 11.3 Å². The maximum Gasteiger partial charge on any atom is 0.338 e. The van der Waals surface area contributed by atoms with Gasteiger partial charge in [0.2, 0.25) is 0 Å². The fraction of sp³-hybridized carbons (Fsp3) is 0.162. The van der Waals surface area contributed by atoms with Gasteiger partial charge in [0.05, 0.1) is 29.0 Å². The Bertz CT molecular complexity index is 2320. The molecule has 1 aliphatic rings. The van der Waals surface area contributed by atoms with Gasteiger partial charge in [-0.05, 0) is 61.2 Å². The predicted molar refractivity (Wildman–Crippen MR) is 189 cm³/mol. The number of aromatic nitrogens is 2. The largest absolute Gasteiger partial charge is 0.492 e. The Morgan fingerprint density at radius 2 is 1.85 bits per heavy atom. The van der Waals surface area contributed by atoms with Gasteiger partial charge < -0.3 is 14.0 Å². The third-order valence-electron chi connectivity index (χ3n) is 8.02. The van der Waals surface area contributed by atoms with Gasteiger partial charge >= 0.3 is 5.97 Å². The van der Waals surface area contributed by atoms with E-state index in [4.69, 9.17) is 26.1 Å². The molecule has 0 saturated heterocycles. The lowest BCUT2D eigenvalue weighted by Crippen LogP contribution is -2.39. The molecule has 4 heterocycles. The number of ether oxygens (including phenoxy) is 2. The smallest absolute Gasteiger partial charge is 0.338 e. The number of benzene rings is 3. The molecule has 0 fully saturated rings. The molecule has 7 rings (SSSR count). The topological polar surface area (TPSA) is 74.8 Å². The highest BCUT2D eigenvalue weighted by Gasteiger charge is 2.35. The second kappa shape index (κ2) is 13.2. The fourth-order valence-electron chi connectivity index (χ4n) is 5.84. The number of para-hydroxylation sites is 1. The number of thiophene rings is 1. The van der Waals surface area contributed by atoms with E-state index < -0.39 is 12.0 Å². The molecule has 0 bridgehead atoms. The molecule has 236 valence electrons. The molecule has 3 aromatic heterocycles. The van der Waals surface area contributed by atoms with E-state index in [1.807, 2.05) is 91.2 Å². The van der Waals surface area contributed by atoms with Crippen molar-refractivity contribution in [1.29, 1.82) is 0 Å². The standard InChI is InChI=1S/C37H30ClN3O4S2/c1-3-44-36(43)32-33(24-10-5-4-6-11-24)39-37-41(34(32)30-14-9-19-46-30)35(42)31(47-37)21-25-22-40(29-13-8-7-12-27(25)29)17-18-45-26-15-16-28(38)23(2)20-26/h4-16,19-22,34H,3,17-18H2,1-2H3/b31-21-/t34-/m0/s1. The number of rotatable bonds is 9. The van der Waals surface area contributed by atoms with Crippen LogP contribution < -0.4 is 19.6 Å². The van der Waals surface area contributed by atoms with Crippen LogP contribution >= 0.6 is 34.3 Å². The summed E-state index contributed by atoms with van der Waals surface area (Å²) in [7, 11) is 0. The average molecular weight is 680 g/mol. The van der Waals surface area contributed by atoms with Gasteiger partial charge in [0.15, 0.2) is 4.80 Å². The lowest BCUT2D eigenvalue weighted by molar-refractivity contribution is -0.138. The minimum absolute atomic E-state index is 0.209. The molecule has 3 aromatic carbocycles. The Morgan fingerprint density at radius 1 is 1.04 bits per heavy atom. The van der Waals surface area contributed by atoms with Gasteiger partial charge in [-0.2, -0.15) is 0 Å². The normalized spacial score (nSPS) is 14.7. The summed E-state index contributed by atoms with van der Waals surface area (Å²) in [4.78, 5) is 34.2. The molecule has 1 aliphatic heterocycles. The Hall–Kier alpha value is -4.70. The number of thiazole rings is 1. The fourth-order valence-corrected chi connectivity index (χ4v) is 7.77. The third kappa shape index (κ3) is 5.98. The van der Waals surface area contributed by atoms with Crippen molar-refractivity contribution in [2.75, 3.05) is 13.2 Å². The zero-order valence-electron chi connectivity index (χ0n) is 25.7. The molecule has 0 amide bonds. The summed E-state index contributed by atoms with van der Waals surface area (Å²) in [5.41, 5.74) is 4.36. The molecule has 10 heteroatoms. The predicted octanol–water partition coefficient (Wildman–Crippen LogP) is 6.99. The monoisotopic (exact) mass is 679 g/mol. The summed E-state index contributed by atoms with van der Waals surface area (Å²) in [6, 6.07) is 26.5. The van der Waals surface area contributed by atoms with Crippen LogP contribution in [0.1, 0.15) is 34.5 Å². The molecule has 47 heavy (non-hydrogen) atoms. The first-order valence-electron chi connectivity index (χ1n) is 15.2.